The molecule has 0 aromatic heterocycles. The molecule has 0 radical (unpaired) electrons. The summed E-state index contributed by atoms with van der Waals surface area (Å²) in [5.74, 6) is -0.240. The molecule has 0 amide bonds. The number of aldehydes is 1. The molecule has 1 unspecified atom stereocenters. The highest BCUT2D eigenvalue weighted by Crippen LogP contribution is 2.37. The molecule has 80 valence electrons. The van der Waals surface area contributed by atoms with E-state index in [-0.39, 0.29) is 5.82 Å². The van der Waals surface area contributed by atoms with Gasteiger partial charge in [0.25, 0.3) is 0 Å². The number of carbonyl (C=O) groups excluding carboxylic acids is 1. The normalized spacial score (nSPS) is 24.7. The van der Waals surface area contributed by atoms with E-state index in [9.17, 15) is 9.18 Å². The van der Waals surface area contributed by atoms with Gasteiger partial charge in [-0.25, -0.2) is 4.39 Å². The predicted octanol–water partition coefficient (Wildman–Crippen LogP) is 2.20. The number of rotatable bonds is 2. The Balaban J connectivity index is 2.60. The molecule has 0 heterocycles. The SMILES string of the molecule is COC1(C=O)CCCc2c(F)cccc21. The lowest BCUT2D eigenvalue weighted by Gasteiger charge is -2.33. The molecular weight excluding hydrogens is 195 g/mol. The molecule has 2 rings (SSSR count). The van der Waals surface area contributed by atoms with Crippen molar-refractivity contribution in [2.45, 2.75) is 24.9 Å². The second kappa shape index (κ2) is 3.74. The van der Waals surface area contributed by atoms with Crippen LogP contribution in [0.1, 0.15) is 24.0 Å². The summed E-state index contributed by atoms with van der Waals surface area (Å²) in [5, 5.41) is 0. The largest absolute Gasteiger partial charge is 0.366 e. The second-order valence-electron chi connectivity index (χ2n) is 3.83. The Morgan fingerprint density at radius 3 is 3.00 bits per heavy atom. The number of fused-ring (bicyclic) bond motifs is 1. The highest BCUT2D eigenvalue weighted by molar-refractivity contribution is 5.68. The number of methoxy groups -OCH3 is 1. The van der Waals surface area contributed by atoms with E-state index in [4.69, 9.17) is 4.74 Å². The van der Waals surface area contributed by atoms with Gasteiger partial charge < -0.3 is 4.74 Å². The number of carbonyl (C=O) groups is 1. The van der Waals surface area contributed by atoms with Crippen molar-refractivity contribution in [3.8, 4) is 0 Å². The van der Waals surface area contributed by atoms with Crippen molar-refractivity contribution < 1.29 is 13.9 Å². The van der Waals surface area contributed by atoms with Crippen LogP contribution >= 0.6 is 0 Å². The van der Waals surface area contributed by atoms with Gasteiger partial charge in [0, 0.05) is 7.11 Å². The minimum Gasteiger partial charge on any atom is -0.366 e. The van der Waals surface area contributed by atoms with Gasteiger partial charge in [0.2, 0.25) is 0 Å². The maximum atomic E-state index is 13.5. The van der Waals surface area contributed by atoms with Gasteiger partial charge in [-0.3, -0.25) is 4.79 Å². The molecule has 2 nitrogen and oxygen atoms in total. The first-order valence-electron chi connectivity index (χ1n) is 5.03. The van der Waals surface area contributed by atoms with Crippen LogP contribution in [-0.4, -0.2) is 13.4 Å². The fourth-order valence-corrected chi connectivity index (χ4v) is 2.25. The zero-order valence-corrected chi connectivity index (χ0v) is 8.63. The summed E-state index contributed by atoms with van der Waals surface area (Å²) in [4.78, 5) is 11.1. The van der Waals surface area contributed by atoms with Crippen molar-refractivity contribution in [3.63, 3.8) is 0 Å². The molecule has 0 fully saturated rings. The van der Waals surface area contributed by atoms with Gasteiger partial charge in [-0.05, 0) is 36.5 Å². The van der Waals surface area contributed by atoms with E-state index in [1.807, 2.05) is 0 Å². The number of hydrogen-bond donors (Lipinski definition) is 0. The molecule has 0 spiro atoms. The van der Waals surface area contributed by atoms with E-state index in [2.05, 4.69) is 0 Å². The molecule has 1 atom stereocenters. The smallest absolute Gasteiger partial charge is 0.156 e. The summed E-state index contributed by atoms with van der Waals surface area (Å²) >= 11 is 0. The molecule has 0 aliphatic heterocycles. The summed E-state index contributed by atoms with van der Waals surface area (Å²) in [6.07, 6.45) is 2.87. The highest BCUT2D eigenvalue weighted by atomic mass is 19.1. The van der Waals surface area contributed by atoms with Gasteiger partial charge in [-0.15, -0.1) is 0 Å². The van der Waals surface area contributed by atoms with E-state index < -0.39 is 5.60 Å². The maximum absolute atomic E-state index is 13.5. The van der Waals surface area contributed by atoms with Crippen LogP contribution in [0.3, 0.4) is 0 Å². The quantitative estimate of drug-likeness (QED) is 0.696. The topological polar surface area (TPSA) is 26.3 Å². The average Bonchev–Trinajstić information content (AvgIpc) is 2.29. The summed E-state index contributed by atoms with van der Waals surface area (Å²) < 4.78 is 18.8. The Hall–Kier alpha value is -1.22. The van der Waals surface area contributed by atoms with Gasteiger partial charge in [0.05, 0.1) is 0 Å². The van der Waals surface area contributed by atoms with Crippen LogP contribution in [0, 0.1) is 5.82 Å². The van der Waals surface area contributed by atoms with Gasteiger partial charge >= 0.3 is 0 Å². The van der Waals surface area contributed by atoms with Crippen molar-refractivity contribution in [1.29, 1.82) is 0 Å². The zero-order valence-electron chi connectivity index (χ0n) is 8.63. The van der Waals surface area contributed by atoms with E-state index in [0.717, 1.165) is 12.7 Å². The van der Waals surface area contributed by atoms with Crippen molar-refractivity contribution >= 4 is 6.29 Å². The lowest BCUT2D eigenvalue weighted by atomic mass is 9.79. The van der Waals surface area contributed by atoms with Gasteiger partial charge in [0.15, 0.2) is 6.29 Å². The molecule has 1 aromatic carbocycles. The Morgan fingerprint density at radius 2 is 2.33 bits per heavy atom. The zero-order chi connectivity index (χ0) is 10.9. The number of ether oxygens (including phenoxy) is 1. The third-order valence-electron chi connectivity index (χ3n) is 3.10. The Kier molecular flexibility index (Phi) is 2.57. The van der Waals surface area contributed by atoms with Gasteiger partial charge in [-0.1, -0.05) is 12.1 Å². The van der Waals surface area contributed by atoms with Crippen LogP contribution in [0.4, 0.5) is 4.39 Å². The summed E-state index contributed by atoms with van der Waals surface area (Å²) in [7, 11) is 1.49. The molecule has 15 heavy (non-hydrogen) atoms. The number of hydrogen-bond acceptors (Lipinski definition) is 2. The second-order valence-corrected chi connectivity index (χ2v) is 3.83. The minimum atomic E-state index is -0.935. The number of benzene rings is 1. The lowest BCUT2D eigenvalue weighted by molar-refractivity contribution is -0.130. The summed E-state index contributed by atoms with van der Waals surface area (Å²) in [6.45, 7) is 0. The van der Waals surface area contributed by atoms with Crippen molar-refractivity contribution in [2.75, 3.05) is 7.11 Å². The third-order valence-corrected chi connectivity index (χ3v) is 3.10. The maximum Gasteiger partial charge on any atom is 0.156 e. The van der Waals surface area contributed by atoms with Crippen LogP contribution in [-0.2, 0) is 21.6 Å². The van der Waals surface area contributed by atoms with Crippen LogP contribution in [0.5, 0.6) is 0 Å². The van der Waals surface area contributed by atoms with Crippen LogP contribution in [0.15, 0.2) is 18.2 Å². The van der Waals surface area contributed by atoms with Crippen molar-refractivity contribution in [3.05, 3.63) is 35.1 Å². The molecule has 1 aromatic rings. The lowest BCUT2D eigenvalue weighted by Crippen LogP contribution is -2.34. The third kappa shape index (κ3) is 1.47. The molecule has 0 bridgehead atoms. The molecule has 0 saturated carbocycles. The Bertz CT molecular complexity index is 389. The van der Waals surface area contributed by atoms with E-state index >= 15 is 0 Å². The summed E-state index contributed by atoms with van der Waals surface area (Å²) in [5.41, 5.74) is 0.374. The van der Waals surface area contributed by atoms with Gasteiger partial charge in [-0.2, -0.15) is 0 Å². The molecule has 1 aliphatic rings. The minimum absolute atomic E-state index is 0.240. The molecular formula is C12H13FO2. The molecule has 1 aliphatic carbocycles. The highest BCUT2D eigenvalue weighted by Gasteiger charge is 2.37. The average molecular weight is 208 g/mol. The fraction of sp³-hybridized carbons (Fsp3) is 0.417. The Morgan fingerprint density at radius 1 is 1.53 bits per heavy atom. The predicted molar refractivity (Wildman–Crippen MR) is 54.1 cm³/mol. The molecule has 0 saturated heterocycles. The van der Waals surface area contributed by atoms with E-state index in [1.54, 1.807) is 12.1 Å². The van der Waals surface area contributed by atoms with E-state index in [0.29, 0.717) is 24.0 Å². The first-order chi connectivity index (χ1) is 7.23. The van der Waals surface area contributed by atoms with E-state index in [1.165, 1.54) is 13.2 Å². The Labute approximate surface area is 88.1 Å². The van der Waals surface area contributed by atoms with Gasteiger partial charge in [0.1, 0.15) is 11.4 Å². The van der Waals surface area contributed by atoms with Crippen molar-refractivity contribution in [2.24, 2.45) is 0 Å². The van der Waals surface area contributed by atoms with Crippen LogP contribution in [0.2, 0.25) is 0 Å². The first-order valence-corrected chi connectivity index (χ1v) is 5.03. The summed E-state index contributed by atoms with van der Waals surface area (Å²) in [6, 6.07) is 4.82. The van der Waals surface area contributed by atoms with Crippen molar-refractivity contribution in [1.82, 2.24) is 0 Å². The monoisotopic (exact) mass is 208 g/mol. The molecule has 3 heteroatoms. The standard InChI is InChI=1S/C12H13FO2/c1-15-12(8-14)7-3-4-9-10(12)5-2-6-11(9)13/h2,5-6,8H,3-4,7H2,1H3. The van der Waals surface area contributed by atoms with Crippen LogP contribution < -0.4 is 0 Å². The fourth-order valence-electron chi connectivity index (χ4n) is 2.25. The molecule has 0 N–H and O–H groups in total. The first kappa shape index (κ1) is 10.3. The number of halogens is 1. The van der Waals surface area contributed by atoms with Crippen LogP contribution in [0.25, 0.3) is 0 Å².